The Labute approximate surface area is 77.0 Å². The van der Waals surface area contributed by atoms with E-state index in [2.05, 4.69) is 9.24 Å². The van der Waals surface area contributed by atoms with Gasteiger partial charge in [-0.1, -0.05) is 18.2 Å². The van der Waals surface area contributed by atoms with Gasteiger partial charge in [0, 0.05) is 25.7 Å². The third kappa shape index (κ3) is 2.39. The van der Waals surface area contributed by atoms with E-state index in [9.17, 15) is 0 Å². The molecular formula is C7H9OPPd. The molecule has 1 aromatic rings. The minimum absolute atomic E-state index is 0. The first-order valence-electron chi connectivity index (χ1n) is 2.73. The van der Waals surface area contributed by atoms with Crippen LogP contribution >= 0.6 is 9.24 Å². The van der Waals surface area contributed by atoms with Crippen molar-refractivity contribution in [2.75, 3.05) is 7.11 Å². The van der Waals surface area contributed by atoms with Gasteiger partial charge in [0.05, 0.1) is 7.11 Å². The summed E-state index contributed by atoms with van der Waals surface area (Å²) in [5.41, 5.74) is 0. The van der Waals surface area contributed by atoms with Crippen molar-refractivity contribution >= 4 is 14.5 Å². The quantitative estimate of drug-likeness (QED) is 0.534. The normalized spacial score (nSPS) is 8.20. The molecule has 0 saturated heterocycles. The Morgan fingerprint density at radius 1 is 1.30 bits per heavy atom. The largest absolute Gasteiger partial charge is 0.496 e. The van der Waals surface area contributed by atoms with Crippen molar-refractivity contribution in [3.8, 4) is 5.75 Å². The molecule has 1 nitrogen and oxygen atoms in total. The fraction of sp³-hybridized carbons (Fsp3) is 0.143. The van der Waals surface area contributed by atoms with Crippen molar-refractivity contribution in [1.82, 2.24) is 0 Å². The minimum atomic E-state index is 0. The van der Waals surface area contributed by atoms with Crippen LogP contribution in [-0.2, 0) is 20.4 Å². The molecule has 0 radical (unpaired) electrons. The zero-order valence-electron chi connectivity index (χ0n) is 5.61. The first-order valence-corrected chi connectivity index (χ1v) is 3.31. The predicted molar refractivity (Wildman–Crippen MR) is 42.3 cm³/mol. The molecule has 0 saturated carbocycles. The maximum absolute atomic E-state index is 5.02. The molecule has 0 N–H and O–H groups in total. The van der Waals surface area contributed by atoms with Crippen LogP contribution < -0.4 is 10.0 Å². The monoisotopic (exact) mass is 246 g/mol. The van der Waals surface area contributed by atoms with Gasteiger partial charge < -0.3 is 4.74 Å². The standard InChI is InChI=1S/C7H9OP.Pd/c1-8-6-4-2-3-5-7(6)9;/h2-5H,9H2,1H3;. The summed E-state index contributed by atoms with van der Waals surface area (Å²) in [7, 11) is 4.28. The van der Waals surface area contributed by atoms with Crippen LogP contribution in [0.4, 0.5) is 0 Å². The van der Waals surface area contributed by atoms with Gasteiger partial charge in [-0.25, -0.2) is 0 Å². The van der Waals surface area contributed by atoms with Crippen LogP contribution in [0.1, 0.15) is 0 Å². The molecule has 0 heterocycles. The van der Waals surface area contributed by atoms with Crippen molar-refractivity contribution < 1.29 is 25.2 Å². The van der Waals surface area contributed by atoms with E-state index in [0.717, 1.165) is 11.1 Å². The molecule has 0 aliphatic rings. The van der Waals surface area contributed by atoms with Gasteiger partial charge in [-0.2, -0.15) is 0 Å². The zero-order chi connectivity index (χ0) is 6.69. The molecule has 0 aliphatic heterocycles. The molecule has 1 rings (SSSR count). The van der Waals surface area contributed by atoms with E-state index >= 15 is 0 Å². The van der Waals surface area contributed by atoms with Crippen molar-refractivity contribution in [2.24, 2.45) is 0 Å². The summed E-state index contributed by atoms with van der Waals surface area (Å²) < 4.78 is 5.02. The van der Waals surface area contributed by atoms with E-state index < -0.39 is 0 Å². The summed E-state index contributed by atoms with van der Waals surface area (Å²) in [4.78, 5) is 0. The second-order valence-corrected chi connectivity index (χ2v) is 2.36. The van der Waals surface area contributed by atoms with Gasteiger partial charge in [-0.15, -0.1) is 9.24 Å². The molecule has 0 aromatic heterocycles. The number of methoxy groups -OCH3 is 1. The summed E-state index contributed by atoms with van der Waals surface area (Å²) in [6.07, 6.45) is 0. The Kier molecular flexibility index (Phi) is 4.91. The molecule has 1 aromatic carbocycles. The topological polar surface area (TPSA) is 9.23 Å². The van der Waals surface area contributed by atoms with Gasteiger partial charge >= 0.3 is 0 Å². The van der Waals surface area contributed by atoms with E-state index in [-0.39, 0.29) is 20.4 Å². The van der Waals surface area contributed by atoms with E-state index in [1.807, 2.05) is 24.3 Å². The Morgan fingerprint density at radius 2 is 1.90 bits per heavy atom. The van der Waals surface area contributed by atoms with E-state index in [1.54, 1.807) is 7.11 Å². The number of benzene rings is 1. The first kappa shape index (κ1) is 10.1. The van der Waals surface area contributed by atoms with E-state index in [1.165, 1.54) is 0 Å². The van der Waals surface area contributed by atoms with Gasteiger partial charge in [0.1, 0.15) is 5.75 Å². The molecule has 0 aliphatic carbocycles. The predicted octanol–water partition coefficient (Wildman–Crippen LogP) is 1.19. The molecule has 1 unspecified atom stereocenters. The maximum atomic E-state index is 5.02. The van der Waals surface area contributed by atoms with Gasteiger partial charge in [0.25, 0.3) is 0 Å². The van der Waals surface area contributed by atoms with Crippen molar-refractivity contribution in [3.05, 3.63) is 24.3 Å². The Balaban J connectivity index is 0.000000810. The molecule has 0 spiro atoms. The Bertz CT molecular complexity index is 203. The van der Waals surface area contributed by atoms with Gasteiger partial charge in [-0.05, 0) is 6.07 Å². The van der Waals surface area contributed by atoms with Crippen LogP contribution in [0.25, 0.3) is 0 Å². The summed E-state index contributed by atoms with van der Waals surface area (Å²) in [5, 5.41) is 1.10. The average Bonchev–Trinajstić information content (AvgIpc) is 1.89. The molecule has 0 fully saturated rings. The first-order chi connectivity index (χ1) is 4.34. The van der Waals surface area contributed by atoms with Crippen LogP contribution in [0.5, 0.6) is 5.75 Å². The number of para-hydroxylation sites is 1. The number of hydrogen-bond donors (Lipinski definition) is 0. The maximum Gasteiger partial charge on any atom is 0.125 e. The third-order valence-corrected chi connectivity index (χ3v) is 1.62. The summed E-state index contributed by atoms with van der Waals surface area (Å²) in [6.45, 7) is 0. The second-order valence-electron chi connectivity index (χ2n) is 1.74. The Morgan fingerprint density at radius 3 is 2.30 bits per heavy atom. The molecule has 0 bridgehead atoms. The van der Waals surface area contributed by atoms with E-state index in [4.69, 9.17) is 4.74 Å². The van der Waals surface area contributed by atoms with Crippen molar-refractivity contribution in [2.45, 2.75) is 0 Å². The van der Waals surface area contributed by atoms with Gasteiger partial charge in [0.2, 0.25) is 0 Å². The summed E-state index contributed by atoms with van der Waals surface area (Å²) >= 11 is 0. The summed E-state index contributed by atoms with van der Waals surface area (Å²) in [5.74, 6) is 0.919. The summed E-state index contributed by atoms with van der Waals surface area (Å²) in [6, 6.07) is 7.85. The average molecular weight is 247 g/mol. The molecule has 58 valence electrons. The SMILES string of the molecule is COc1ccccc1P.[Pd]. The zero-order valence-corrected chi connectivity index (χ0v) is 8.32. The fourth-order valence-corrected chi connectivity index (χ4v) is 0.992. The third-order valence-electron chi connectivity index (χ3n) is 1.14. The Hall–Kier alpha value is 0.112. The fourth-order valence-electron chi connectivity index (χ4n) is 0.666. The molecule has 1 atom stereocenters. The van der Waals surface area contributed by atoms with Gasteiger partial charge in [-0.3, -0.25) is 0 Å². The van der Waals surface area contributed by atoms with Crippen LogP contribution in [0.15, 0.2) is 24.3 Å². The number of hydrogen-bond acceptors (Lipinski definition) is 1. The second kappa shape index (κ2) is 4.86. The molecule has 3 heteroatoms. The molecular weight excluding hydrogens is 237 g/mol. The van der Waals surface area contributed by atoms with Crippen LogP contribution in [0.3, 0.4) is 0 Å². The molecule has 10 heavy (non-hydrogen) atoms. The molecule has 0 amide bonds. The van der Waals surface area contributed by atoms with Crippen LogP contribution in [0, 0.1) is 0 Å². The number of rotatable bonds is 1. The van der Waals surface area contributed by atoms with Crippen molar-refractivity contribution in [3.63, 3.8) is 0 Å². The number of ether oxygens (including phenoxy) is 1. The van der Waals surface area contributed by atoms with Crippen LogP contribution in [0.2, 0.25) is 0 Å². The van der Waals surface area contributed by atoms with Crippen molar-refractivity contribution in [1.29, 1.82) is 0 Å². The van der Waals surface area contributed by atoms with Gasteiger partial charge in [0.15, 0.2) is 0 Å². The smallest absolute Gasteiger partial charge is 0.125 e. The van der Waals surface area contributed by atoms with Crippen LogP contribution in [-0.4, -0.2) is 7.11 Å². The minimum Gasteiger partial charge on any atom is -0.496 e. The van der Waals surface area contributed by atoms with E-state index in [0.29, 0.717) is 0 Å².